The summed E-state index contributed by atoms with van der Waals surface area (Å²) >= 11 is 0. The summed E-state index contributed by atoms with van der Waals surface area (Å²) in [6.07, 6.45) is 0. The molecule has 416 valence electrons. The van der Waals surface area contributed by atoms with Gasteiger partial charge in [0.15, 0.2) is 23.0 Å². The van der Waals surface area contributed by atoms with E-state index in [0.717, 1.165) is 153 Å². The lowest BCUT2D eigenvalue weighted by molar-refractivity contribution is 0.443. The van der Waals surface area contributed by atoms with E-state index < -0.39 is 0 Å². The van der Waals surface area contributed by atoms with E-state index in [0.29, 0.717) is 5.75 Å². The van der Waals surface area contributed by atoms with E-state index in [2.05, 4.69) is 291 Å². The maximum absolute atomic E-state index is 7.71. The first kappa shape index (κ1) is 49.5. The Hall–Kier alpha value is -11.8. The first-order chi connectivity index (χ1) is 44.1. The molecule has 6 heterocycles. The summed E-state index contributed by atoms with van der Waals surface area (Å²) in [4.78, 5) is 11.8. The number of anilines is 15. The van der Waals surface area contributed by atoms with Crippen LogP contribution in [0.1, 0.15) is 0 Å². The molecule has 0 saturated carbocycles. The fourth-order valence-corrected chi connectivity index (χ4v) is 14.6. The molecule has 13 aromatic rings. The second kappa shape index (κ2) is 19.4. The van der Waals surface area contributed by atoms with Gasteiger partial charge in [0.25, 0.3) is 13.4 Å². The third kappa shape index (κ3) is 7.52. The van der Waals surface area contributed by atoms with Crippen molar-refractivity contribution in [3.8, 4) is 46.0 Å². The lowest BCUT2D eigenvalue weighted by atomic mass is 9.31. The molecule has 0 unspecified atom stereocenters. The van der Waals surface area contributed by atoms with Crippen molar-refractivity contribution < 1.29 is 18.9 Å². The zero-order chi connectivity index (χ0) is 58.3. The van der Waals surface area contributed by atoms with E-state index in [9.17, 15) is 0 Å². The lowest BCUT2D eigenvalue weighted by Gasteiger charge is -2.44. The average Bonchev–Trinajstić information content (AvgIpc) is 0.719. The largest absolute Gasteiger partial charge is 0.458 e. The molecular weight excluding hydrogens is 1090 g/mol. The van der Waals surface area contributed by atoms with Crippen LogP contribution < -0.4 is 76.2 Å². The summed E-state index contributed by atoms with van der Waals surface area (Å²) in [6.45, 7) is -0.565. The number of hydrogen-bond acceptors (Lipinski definition) is 9. The number of rotatable bonds is 8. The number of benzene rings is 13. The first-order valence-corrected chi connectivity index (χ1v) is 30.2. The van der Waals surface area contributed by atoms with Gasteiger partial charge in [0.05, 0.1) is 22.7 Å². The zero-order valence-electron chi connectivity index (χ0n) is 47.8. The summed E-state index contributed by atoms with van der Waals surface area (Å²) in [6, 6.07) is 105. The van der Waals surface area contributed by atoms with Crippen molar-refractivity contribution in [1.29, 1.82) is 0 Å². The van der Waals surface area contributed by atoms with Gasteiger partial charge < -0.3 is 38.5 Å². The quantitative estimate of drug-likeness (QED) is 0.139. The van der Waals surface area contributed by atoms with Crippen LogP contribution in [-0.4, -0.2) is 13.4 Å². The Morgan fingerprint density at radius 1 is 0.225 bits per heavy atom. The van der Waals surface area contributed by atoms with E-state index >= 15 is 0 Å². The van der Waals surface area contributed by atoms with Gasteiger partial charge in [-0.05, 0) is 154 Å². The van der Waals surface area contributed by atoms with Gasteiger partial charge in [-0.3, -0.25) is 4.90 Å². The van der Waals surface area contributed by atoms with Gasteiger partial charge in [0, 0.05) is 81.1 Å². The summed E-state index contributed by atoms with van der Waals surface area (Å²) < 4.78 is 29.0. The minimum Gasteiger partial charge on any atom is -0.458 e. The third-order valence-electron chi connectivity index (χ3n) is 18.2. The summed E-state index contributed by atoms with van der Waals surface area (Å²) in [5, 5.41) is 0. The Kier molecular flexibility index (Phi) is 10.8. The summed E-state index contributed by atoms with van der Waals surface area (Å²) in [7, 11) is 0. The molecule has 0 aliphatic carbocycles. The first-order valence-electron chi connectivity index (χ1n) is 30.2. The average molecular weight is 1140 g/mol. The third-order valence-corrected chi connectivity index (χ3v) is 18.2. The zero-order valence-corrected chi connectivity index (χ0v) is 47.8. The molecule has 0 aromatic heterocycles. The fourth-order valence-electron chi connectivity index (χ4n) is 14.6. The molecule has 0 radical (unpaired) electrons. The van der Waals surface area contributed by atoms with Crippen LogP contribution in [0.25, 0.3) is 0 Å². The Bertz CT molecular complexity index is 4950. The standard InChI is InChI=1S/C78H49B2N5O4/c1-7-24-50(25-8-1)81(51-26-9-2-10-27-51)56-42-66-76-74(44-56)88-71-48-64-59(46-60(71)79(76)58-36-19-20-37-62(58)83(66)54-32-15-5-16-33-54)80-61-47-73-65(85-63-38-21-22-39-68(63)86-69-40-23-41-70(87-73)78(69)85)49-72(61)89-75-45-57(43-67(77(75)80)84(64)55-34-17-6-18-35-55)82(52-28-11-3-12-29-52)53-30-13-4-14-31-53/h1-49H. The smallest absolute Gasteiger partial charge is 0.256 e. The molecule has 0 N–H and O–H groups in total. The monoisotopic (exact) mass is 1140 g/mol. The number of nitrogens with zero attached hydrogens (tertiary/aromatic N) is 5. The maximum Gasteiger partial charge on any atom is 0.256 e. The van der Waals surface area contributed by atoms with Crippen LogP contribution in [0.3, 0.4) is 0 Å². The predicted molar refractivity (Wildman–Crippen MR) is 362 cm³/mol. The van der Waals surface area contributed by atoms with Gasteiger partial charge in [-0.15, -0.1) is 0 Å². The van der Waals surface area contributed by atoms with Crippen molar-refractivity contribution in [3.63, 3.8) is 0 Å². The van der Waals surface area contributed by atoms with Gasteiger partial charge in [-0.2, -0.15) is 0 Å². The number of hydrogen-bond donors (Lipinski definition) is 0. The van der Waals surface area contributed by atoms with Crippen molar-refractivity contribution in [2.75, 3.05) is 24.5 Å². The van der Waals surface area contributed by atoms with E-state index in [1.54, 1.807) is 0 Å². The highest BCUT2D eigenvalue weighted by molar-refractivity contribution is 7.02. The molecule has 0 fully saturated rings. The number of para-hydroxylation sites is 10. The molecule has 19 rings (SSSR count). The Morgan fingerprint density at radius 3 is 1.17 bits per heavy atom. The van der Waals surface area contributed by atoms with Crippen LogP contribution in [0, 0.1) is 0 Å². The van der Waals surface area contributed by atoms with Gasteiger partial charge in [0.2, 0.25) is 0 Å². The highest BCUT2D eigenvalue weighted by atomic mass is 16.5. The van der Waals surface area contributed by atoms with Crippen molar-refractivity contribution in [2.45, 2.75) is 0 Å². The Balaban J connectivity index is 0.882. The molecular formula is C78H49B2N5O4. The summed E-state index contributed by atoms with van der Waals surface area (Å²) in [5.41, 5.74) is 21.4. The van der Waals surface area contributed by atoms with E-state index in [1.807, 2.05) is 30.3 Å². The predicted octanol–water partition coefficient (Wildman–Crippen LogP) is 17.1. The van der Waals surface area contributed by atoms with E-state index in [4.69, 9.17) is 18.9 Å². The van der Waals surface area contributed by atoms with E-state index in [1.165, 1.54) is 5.46 Å². The lowest BCUT2D eigenvalue weighted by Crippen LogP contribution is -2.63. The topological polar surface area (TPSA) is 53.1 Å². The fraction of sp³-hybridized carbons (Fsp3) is 0. The highest BCUT2D eigenvalue weighted by Crippen LogP contribution is 2.61. The number of fused-ring (bicyclic) bond motifs is 12. The molecule has 89 heavy (non-hydrogen) atoms. The second-order valence-electron chi connectivity index (χ2n) is 23.2. The van der Waals surface area contributed by atoms with Crippen LogP contribution in [-0.2, 0) is 0 Å². The summed E-state index contributed by atoms with van der Waals surface area (Å²) in [5.74, 6) is 6.00. The van der Waals surface area contributed by atoms with Crippen molar-refractivity contribution in [3.05, 3.63) is 297 Å². The molecule has 0 spiro atoms. The van der Waals surface area contributed by atoms with Crippen molar-refractivity contribution in [1.82, 2.24) is 0 Å². The van der Waals surface area contributed by atoms with Crippen LogP contribution in [0.15, 0.2) is 297 Å². The Labute approximate surface area is 515 Å². The van der Waals surface area contributed by atoms with Gasteiger partial charge in [-0.1, -0.05) is 152 Å². The molecule has 13 aromatic carbocycles. The minimum absolute atomic E-state index is 0.224. The molecule has 11 heteroatoms. The molecule has 0 bridgehead atoms. The van der Waals surface area contributed by atoms with Crippen LogP contribution in [0.5, 0.6) is 46.0 Å². The molecule has 0 atom stereocenters. The van der Waals surface area contributed by atoms with Crippen LogP contribution in [0.4, 0.5) is 85.3 Å². The SMILES string of the molecule is c1ccc(N(c2ccccc2)c2cc3c4c(c2)N(c2ccccc2)c2ccccc2B4c2cc4c(cc2O3)N(c2ccccc2)c2cc(N(c3ccccc3)c3ccccc3)cc3c2B4c2cc4c(cc2O3)N2c3ccccc3Oc3cccc(c32)O4)cc1. The second-order valence-corrected chi connectivity index (χ2v) is 23.2. The highest BCUT2D eigenvalue weighted by Gasteiger charge is 2.49. The van der Waals surface area contributed by atoms with Gasteiger partial charge >= 0.3 is 0 Å². The minimum atomic E-state index is -0.341. The van der Waals surface area contributed by atoms with Crippen LogP contribution >= 0.6 is 0 Å². The van der Waals surface area contributed by atoms with Crippen molar-refractivity contribution >= 4 is 132 Å². The molecule has 0 saturated heterocycles. The van der Waals surface area contributed by atoms with Gasteiger partial charge in [0.1, 0.15) is 28.7 Å². The Morgan fingerprint density at radius 2 is 0.629 bits per heavy atom. The molecule has 6 aliphatic rings. The van der Waals surface area contributed by atoms with E-state index in [-0.39, 0.29) is 13.4 Å². The van der Waals surface area contributed by atoms with Gasteiger partial charge in [-0.25, -0.2) is 0 Å². The molecule has 9 nitrogen and oxygen atoms in total. The van der Waals surface area contributed by atoms with Crippen LogP contribution in [0.2, 0.25) is 0 Å². The molecule has 0 amide bonds. The molecule has 6 aliphatic heterocycles. The number of ether oxygens (including phenoxy) is 4. The van der Waals surface area contributed by atoms with Crippen molar-refractivity contribution in [2.24, 2.45) is 0 Å². The normalized spacial score (nSPS) is 13.4. The maximum atomic E-state index is 7.71.